The Kier molecular flexibility index (Phi) is 7.64. The van der Waals surface area contributed by atoms with Crippen LogP contribution in [0.2, 0.25) is 0 Å². The molecule has 2 aromatic rings. The zero-order valence-electron chi connectivity index (χ0n) is 14.8. The maximum Gasteiger partial charge on any atom is 0.311 e. The fourth-order valence-corrected chi connectivity index (χ4v) is 3.22. The first-order chi connectivity index (χ1) is 13.1. The average molecular weight is 385 g/mol. The van der Waals surface area contributed by atoms with Crippen LogP contribution in [0.25, 0.3) is 0 Å². The molecule has 0 fully saturated rings. The SMILES string of the molecule is CCOc1ccc(C(=O)NCCSCc2ccccc2C#N)cc1[N+](=O)[O-]. The van der Waals surface area contributed by atoms with Crippen molar-refractivity contribution in [2.45, 2.75) is 12.7 Å². The van der Waals surface area contributed by atoms with Gasteiger partial charge < -0.3 is 10.1 Å². The molecule has 0 atom stereocenters. The summed E-state index contributed by atoms with van der Waals surface area (Å²) in [5, 5.41) is 22.9. The Morgan fingerprint density at radius 2 is 2.11 bits per heavy atom. The van der Waals surface area contributed by atoms with Gasteiger partial charge in [0.05, 0.1) is 23.2 Å². The minimum atomic E-state index is -0.565. The van der Waals surface area contributed by atoms with Crippen LogP contribution in [0.15, 0.2) is 42.5 Å². The van der Waals surface area contributed by atoms with Gasteiger partial charge in [0.25, 0.3) is 5.91 Å². The van der Waals surface area contributed by atoms with Gasteiger partial charge in [0.1, 0.15) is 0 Å². The van der Waals surface area contributed by atoms with Gasteiger partial charge in [0, 0.05) is 29.7 Å². The van der Waals surface area contributed by atoms with E-state index in [4.69, 9.17) is 10.00 Å². The minimum absolute atomic E-state index is 0.144. The number of nitro benzene ring substituents is 1. The van der Waals surface area contributed by atoms with Crippen LogP contribution in [0, 0.1) is 21.4 Å². The lowest BCUT2D eigenvalue weighted by Gasteiger charge is -2.08. The molecular weight excluding hydrogens is 366 g/mol. The molecule has 0 aliphatic heterocycles. The van der Waals surface area contributed by atoms with E-state index in [1.54, 1.807) is 24.8 Å². The van der Waals surface area contributed by atoms with Gasteiger partial charge in [0.15, 0.2) is 5.75 Å². The van der Waals surface area contributed by atoms with E-state index in [1.807, 2.05) is 18.2 Å². The highest BCUT2D eigenvalue weighted by Gasteiger charge is 2.18. The molecule has 27 heavy (non-hydrogen) atoms. The maximum absolute atomic E-state index is 12.2. The first-order valence-electron chi connectivity index (χ1n) is 8.32. The molecule has 8 heteroatoms. The standard InChI is InChI=1S/C19H19N3O4S/c1-2-26-18-8-7-14(11-17(18)22(24)25)19(23)21-9-10-27-13-16-6-4-3-5-15(16)12-20/h3-8,11H,2,9-10,13H2,1H3,(H,21,23). The Bertz CT molecular complexity index is 864. The van der Waals surface area contributed by atoms with Crippen LogP contribution in [-0.2, 0) is 5.75 Å². The van der Waals surface area contributed by atoms with Crippen molar-refractivity contribution in [1.82, 2.24) is 5.32 Å². The van der Waals surface area contributed by atoms with E-state index >= 15 is 0 Å². The Hall–Kier alpha value is -3.05. The Morgan fingerprint density at radius 1 is 1.33 bits per heavy atom. The molecule has 0 radical (unpaired) electrons. The summed E-state index contributed by atoms with van der Waals surface area (Å²) in [6, 6.07) is 13.7. The Labute approximate surface area is 161 Å². The quantitative estimate of drug-likeness (QED) is 0.402. The van der Waals surface area contributed by atoms with Gasteiger partial charge >= 0.3 is 5.69 Å². The van der Waals surface area contributed by atoms with Crippen LogP contribution in [0.3, 0.4) is 0 Å². The molecule has 1 N–H and O–H groups in total. The number of amides is 1. The predicted molar refractivity (Wildman–Crippen MR) is 104 cm³/mol. The zero-order valence-corrected chi connectivity index (χ0v) is 15.6. The number of hydrogen-bond acceptors (Lipinski definition) is 6. The fourth-order valence-electron chi connectivity index (χ4n) is 2.36. The van der Waals surface area contributed by atoms with Gasteiger partial charge in [-0.3, -0.25) is 14.9 Å². The topological polar surface area (TPSA) is 105 Å². The van der Waals surface area contributed by atoms with Crippen molar-refractivity contribution in [3.63, 3.8) is 0 Å². The third-order valence-corrected chi connectivity index (χ3v) is 4.65. The lowest BCUT2D eigenvalue weighted by Crippen LogP contribution is -2.25. The number of rotatable bonds is 9. The van der Waals surface area contributed by atoms with E-state index in [0.29, 0.717) is 30.2 Å². The van der Waals surface area contributed by atoms with Crippen molar-refractivity contribution in [2.24, 2.45) is 0 Å². The summed E-state index contributed by atoms with van der Waals surface area (Å²) in [6.07, 6.45) is 0. The minimum Gasteiger partial charge on any atom is -0.487 e. The van der Waals surface area contributed by atoms with Gasteiger partial charge in [-0.1, -0.05) is 18.2 Å². The molecule has 0 spiro atoms. The monoisotopic (exact) mass is 385 g/mol. The summed E-state index contributed by atoms with van der Waals surface area (Å²) in [6.45, 7) is 2.45. The van der Waals surface area contributed by atoms with Gasteiger partial charge in [-0.05, 0) is 30.7 Å². The third kappa shape index (κ3) is 5.72. The van der Waals surface area contributed by atoms with Crippen LogP contribution in [0.4, 0.5) is 5.69 Å². The summed E-state index contributed by atoms with van der Waals surface area (Å²) in [4.78, 5) is 22.8. The van der Waals surface area contributed by atoms with E-state index in [1.165, 1.54) is 18.2 Å². The van der Waals surface area contributed by atoms with E-state index in [0.717, 1.165) is 5.56 Å². The summed E-state index contributed by atoms with van der Waals surface area (Å²) in [5.74, 6) is 1.10. The molecule has 0 aliphatic rings. The van der Waals surface area contributed by atoms with Crippen molar-refractivity contribution in [3.8, 4) is 11.8 Å². The Balaban J connectivity index is 1.86. The normalized spacial score (nSPS) is 10.1. The number of nitro groups is 1. The molecule has 1 amide bonds. The first-order valence-corrected chi connectivity index (χ1v) is 9.47. The second-order valence-electron chi connectivity index (χ2n) is 5.45. The molecule has 0 saturated heterocycles. The highest BCUT2D eigenvalue weighted by molar-refractivity contribution is 7.98. The van der Waals surface area contributed by atoms with Crippen molar-refractivity contribution in [2.75, 3.05) is 18.9 Å². The molecule has 140 valence electrons. The highest BCUT2D eigenvalue weighted by atomic mass is 32.2. The van der Waals surface area contributed by atoms with E-state index in [9.17, 15) is 14.9 Å². The number of nitrogens with one attached hydrogen (secondary N) is 1. The van der Waals surface area contributed by atoms with Crippen molar-refractivity contribution in [3.05, 3.63) is 69.3 Å². The summed E-state index contributed by atoms with van der Waals surface area (Å²) in [7, 11) is 0. The number of nitriles is 1. The van der Waals surface area contributed by atoms with Gasteiger partial charge in [-0.15, -0.1) is 0 Å². The predicted octanol–water partition coefficient (Wildman–Crippen LogP) is 3.53. The van der Waals surface area contributed by atoms with E-state index < -0.39 is 4.92 Å². The first kappa shape index (κ1) is 20.3. The molecule has 0 heterocycles. The average Bonchev–Trinajstić information content (AvgIpc) is 2.68. The molecule has 0 bridgehead atoms. The number of nitrogens with zero attached hydrogens (tertiary/aromatic N) is 2. The summed E-state index contributed by atoms with van der Waals surface area (Å²) in [5.41, 5.74) is 1.59. The van der Waals surface area contributed by atoms with E-state index in [-0.39, 0.29) is 22.9 Å². The molecule has 0 saturated carbocycles. The number of benzene rings is 2. The third-order valence-electron chi connectivity index (χ3n) is 3.65. The number of hydrogen-bond donors (Lipinski definition) is 1. The number of carbonyl (C=O) groups is 1. The lowest BCUT2D eigenvalue weighted by atomic mass is 10.1. The van der Waals surface area contributed by atoms with Crippen LogP contribution < -0.4 is 10.1 Å². The lowest BCUT2D eigenvalue weighted by molar-refractivity contribution is -0.385. The largest absolute Gasteiger partial charge is 0.487 e. The fraction of sp³-hybridized carbons (Fsp3) is 0.263. The van der Waals surface area contributed by atoms with Crippen LogP contribution in [-0.4, -0.2) is 29.7 Å². The molecule has 0 aliphatic carbocycles. The molecule has 0 unspecified atom stereocenters. The van der Waals surface area contributed by atoms with Gasteiger partial charge in [-0.25, -0.2) is 0 Å². The summed E-state index contributed by atoms with van der Waals surface area (Å²) >= 11 is 1.60. The van der Waals surface area contributed by atoms with Crippen LogP contribution in [0.1, 0.15) is 28.4 Å². The van der Waals surface area contributed by atoms with E-state index in [2.05, 4.69) is 11.4 Å². The van der Waals surface area contributed by atoms with Crippen molar-refractivity contribution in [1.29, 1.82) is 5.26 Å². The molecular formula is C19H19N3O4S. The zero-order chi connectivity index (χ0) is 19.6. The molecule has 0 aromatic heterocycles. The second-order valence-corrected chi connectivity index (χ2v) is 6.56. The number of ether oxygens (including phenoxy) is 1. The van der Waals surface area contributed by atoms with Crippen LogP contribution in [0.5, 0.6) is 5.75 Å². The maximum atomic E-state index is 12.2. The van der Waals surface area contributed by atoms with Gasteiger partial charge in [0.2, 0.25) is 0 Å². The van der Waals surface area contributed by atoms with Crippen molar-refractivity contribution < 1.29 is 14.5 Å². The van der Waals surface area contributed by atoms with Crippen molar-refractivity contribution >= 4 is 23.4 Å². The molecule has 7 nitrogen and oxygen atoms in total. The number of carbonyl (C=O) groups excluding carboxylic acids is 1. The smallest absolute Gasteiger partial charge is 0.311 e. The summed E-state index contributed by atoms with van der Waals surface area (Å²) < 4.78 is 5.21. The Morgan fingerprint density at radius 3 is 2.81 bits per heavy atom. The van der Waals surface area contributed by atoms with Crippen LogP contribution >= 0.6 is 11.8 Å². The highest BCUT2D eigenvalue weighted by Crippen LogP contribution is 2.28. The number of thioether (sulfide) groups is 1. The molecule has 2 aromatic carbocycles. The van der Waals surface area contributed by atoms with Gasteiger partial charge in [-0.2, -0.15) is 17.0 Å². The second kappa shape index (κ2) is 10.2. The molecule has 2 rings (SSSR count).